The van der Waals surface area contributed by atoms with Crippen LogP contribution in [0.25, 0.3) is 0 Å². The Morgan fingerprint density at radius 2 is 1.87 bits per heavy atom. The standard InChI is InChI=1S/C16H24N6O/c1-10-12(3)22-7-6-21(8-14(22)17-10)9-15(23)18-16-11(2)19-20(5)13(16)4/h6-9H2,1-5H3,(H,18,23). The Labute approximate surface area is 136 Å². The van der Waals surface area contributed by atoms with Crippen LogP contribution in [0.5, 0.6) is 0 Å². The van der Waals surface area contributed by atoms with Gasteiger partial charge in [-0.2, -0.15) is 5.10 Å². The average molecular weight is 316 g/mol. The zero-order valence-corrected chi connectivity index (χ0v) is 14.5. The second kappa shape index (κ2) is 5.81. The summed E-state index contributed by atoms with van der Waals surface area (Å²) in [6, 6.07) is 0. The molecule has 2 aromatic rings. The summed E-state index contributed by atoms with van der Waals surface area (Å²) < 4.78 is 4.04. The number of imidazole rings is 1. The van der Waals surface area contributed by atoms with Gasteiger partial charge in [-0.05, 0) is 27.7 Å². The van der Waals surface area contributed by atoms with Gasteiger partial charge in [-0.15, -0.1) is 0 Å². The van der Waals surface area contributed by atoms with Crippen molar-refractivity contribution in [3.05, 3.63) is 28.6 Å². The first-order chi connectivity index (χ1) is 10.9. The van der Waals surface area contributed by atoms with Crippen molar-refractivity contribution in [1.82, 2.24) is 24.2 Å². The summed E-state index contributed by atoms with van der Waals surface area (Å²) in [7, 11) is 1.88. The molecule has 0 saturated carbocycles. The number of fused-ring (bicyclic) bond motifs is 1. The van der Waals surface area contributed by atoms with Crippen molar-refractivity contribution in [2.75, 3.05) is 18.4 Å². The van der Waals surface area contributed by atoms with E-state index >= 15 is 0 Å². The van der Waals surface area contributed by atoms with Gasteiger partial charge in [-0.3, -0.25) is 14.4 Å². The van der Waals surface area contributed by atoms with Crippen LogP contribution in [0.1, 0.15) is 28.6 Å². The van der Waals surface area contributed by atoms with Crippen molar-refractivity contribution in [2.24, 2.45) is 7.05 Å². The summed E-state index contributed by atoms with van der Waals surface area (Å²) in [5.41, 5.74) is 4.94. The summed E-state index contributed by atoms with van der Waals surface area (Å²) in [6.45, 7) is 10.8. The van der Waals surface area contributed by atoms with E-state index in [1.165, 1.54) is 5.69 Å². The highest BCUT2D eigenvalue weighted by Crippen LogP contribution is 2.19. The highest BCUT2D eigenvalue weighted by Gasteiger charge is 2.22. The zero-order chi connectivity index (χ0) is 16.7. The summed E-state index contributed by atoms with van der Waals surface area (Å²) >= 11 is 0. The molecule has 124 valence electrons. The van der Waals surface area contributed by atoms with Crippen LogP contribution in [-0.4, -0.2) is 43.2 Å². The van der Waals surface area contributed by atoms with E-state index in [4.69, 9.17) is 0 Å². The van der Waals surface area contributed by atoms with Crippen molar-refractivity contribution in [1.29, 1.82) is 0 Å². The van der Waals surface area contributed by atoms with E-state index in [2.05, 4.69) is 31.8 Å². The van der Waals surface area contributed by atoms with E-state index < -0.39 is 0 Å². The Bertz CT molecular complexity index is 757. The van der Waals surface area contributed by atoms with Gasteiger partial charge in [0.05, 0.1) is 35.9 Å². The van der Waals surface area contributed by atoms with Crippen molar-refractivity contribution >= 4 is 11.6 Å². The molecule has 3 rings (SSSR count). The highest BCUT2D eigenvalue weighted by molar-refractivity contribution is 5.93. The number of nitrogens with one attached hydrogen (secondary N) is 1. The third kappa shape index (κ3) is 2.88. The fourth-order valence-electron chi connectivity index (χ4n) is 3.13. The van der Waals surface area contributed by atoms with Crippen molar-refractivity contribution in [3.63, 3.8) is 0 Å². The summed E-state index contributed by atoms with van der Waals surface area (Å²) in [5.74, 6) is 1.05. The molecule has 0 radical (unpaired) electrons. The summed E-state index contributed by atoms with van der Waals surface area (Å²) in [6.07, 6.45) is 0. The predicted octanol–water partition coefficient (Wildman–Crippen LogP) is 1.30. The molecule has 1 aliphatic rings. The molecule has 7 nitrogen and oxygen atoms in total. The Kier molecular flexibility index (Phi) is 3.97. The van der Waals surface area contributed by atoms with Gasteiger partial charge in [0.15, 0.2) is 0 Å². The Balaban J connectivity index is 1.65. The molecule has 1 aliphatic heterocycles. The van der Waals surface area contributed by atoms with Crippen molar-refractivity contribution < 1.29 is 4.79 Å². The van der Waals surface area contributed by atoms with E-state index in [0.29, 0.717) is 13.1 Å². The van der Waals surface area contributed by atoms with Gasteiger partial charge in [0, 0.05) is 25.8 Å². The van der Waals surface area contributed by atoms with E-state index in [-0.39, 0.29) is 5.91 Å². The van der Waals surface area contributed by atoms with Gasteiger partial charge in [-0.1, -0.05) is 0 Å². The minimum atomic E-state index is -0.00218. The van der Waals surface area contributed by atoms with Crippen LogP contribution < -0.4 is 5.32 Å². The monoisotopic (exact) mass is 316 g/mol. The molecule has 1 N–H and O–H groups in total. The molecule has 0 atom stereocenters. The SMILES string of the molecule is Cc1nn(C)c(C)c1NC(=O)CN1CCn2c(nc(C)c2C)C1. The van der Waals surface area contributed by atoms with Crippen LogP contribution in [0, 0.1) is 27.7 Å². The molecule has 0 spiro atoms. The first kappa shape index (κ1) is 15.7. The van der Waals surface area contributed by atoms with Crippen molar-refractivity contribution in [3.8, 4) is 0 Å². The van der Waals surface area contributed by atoms with Gasteiger partial charge >= 0.3 is 0 Å². The molecule has 0 bridgehead atoms. The van der Waals surface area contributed by atoms with E-state index in [9.17, 15) is 4.79 Å². The maximum Gasteiger partial charge on any atom is 0.238 e. The van der Waals surface area contributed by atoms with Crippen LogP contribution in [0.2, 0.25) is 0 Å². The number of aromatic nitrogens is 4. The molecule has 3 heterocycles. The maximum absolute atomic E-state index is 12.4. The number of nitrogens with zero attached hydrogens (tertiary/aromatic N) is 5. The van der Waals surface area contributed by atoms with E-state index in [1.54, 1.807) is 4.68 Å². The largest absolute Gasteiger partial charge is 0.330 e. The molecule has 7 heteroatoms. The molecule has 0 fully saturated rings. The van der Waals surface area contributed by atoms with Crippen molar-refractivity contribution in [2.45, 2.75) is 40.8 Å². The van der Waals surface area contributed by atoms with Crippen LogP contribution in [0.15, 0.2) is 0 Å². The molecule has 2 aromatic heterocycles. The molecule has 1 amide bonds. The lowest BCUT2D eigenvalue weighted by Gasteiger charge is -2.27. The molecular formula is C16H24N6O. The Morgan fingerprint density at radius 3 is 2.52 bits per heavy atom. The van der Waals surface area contributed by atoms with Crippen LogP contribution in [0.3, 0.4) is 0 Å². The van der Waals surface area contributed by atoms with Crippen LogP contribution in [-0.2, 0) is 24.9 Å². The molecule has 0 aromatic carbocycles. The second-order valence-corrected chi connectivity index (χ2v) is 6.28. The number of rotatable bonds is 3. The molecular weight excluding hydrogens is 292 g/mol. The topological polar surface area (TPSA) is 68.0 Å². The van der Waals surface area contributed by atoms with Gasteiger partial charge in [-0.25, -0.2) is 4.98 Å². The fourth-order valence-corrected chi connectivity index (χ4v) is 3.13. The van der Waals surface area contributed by atoms with E-state index in [1.807, 2.05) is 27.8 Å². The predicted molar refractivity (Wildman–Crippen MR) is 88.3 cm³/mol. The number of hydrogen-bond acceptors (Lipinski definition) is 4. The minimum Gasteiger partial charge on any atom is -0.330 e. The number of amides is 1. The Hall–Kier alpha value is -2.15. The third-order valence-electron chi connectivity index (χ3n) is 4.68. The first-order valence-electron chi connectivity index (χ1n) is 7.91. The number of carbonyl (C=O) groups is 1. The van der Waals surface area contributed by atoms with Gasteiger partial charge in [0.25, 0.3) is 0 Å². The smallest absolute Gasteiger partial charge is 0.238 e. The number of hydrogen-bond donors (Lipinski definition) is 1. The van der Waals surface area contributed by atoms with Gasteiger partial charge < -0.3 is 9.88 Å². The third-order valence-corrected chi connectivity index (χ3v) is 4.68. The number of anilines is 1. The molecule has 23 heavy (non-hydrogen) atoms. The van der Waals surface area contributed by atoms with E-state index in [0.717, 1.165) is 41.7 Å². The normalized spacial score (nSPS) is 14.8. The molecule has 0 aliphatic carbocycles. The van der Waals surface area contributed by atoms with Gasteiger partial charge in [0.2, 0.25) is 5.91 Å². The molecule has 0 saturated heterocycles. The lowest BCUT2D eigenvalue weighted by atomic mass is 10.3. The number of carbonyl (C=O) groups excluding carboxylic acids is 1. The fraction of sp³-hybridized carbons (Fsp3) is 0.562. The lowest BCUT2D eigenvalue weighted by Crippen LogP contribution is -2.39. The summed E-state index contributed by atoms with van der Waals surface area (Å²) in [5, 5.41) is 7.32. The first-order valence-corrected chi connectivity index (χ1v) is 7.91. The Morgan fingerprint density at radius 1 is 1.13 bits per heavy atom. The van der Waals surface area contributed by atoms with Crippen LogP contribution >= 0.6 is 0 Å². The minimum absolute atomic E-state index is 0.00218. The number of aryl methyl sites for hydroxylation is 3. The zero-order valence-electron chi connectivity index (χ0n) is 14.5. The second-order valence-electron chi connectivity index (χ2n) is 6.28. The summed E-state index contributed by atoms with van der Waals surface area (Å²) in [4.78, 5) is 19.1. The lowest BCUT2D eigenvalue weighted by molar-refractivity contribution is -0.117. The van der Waals surface area contributed by atoms with Crippen LogP contribution in [0.4, 0.5) is 5.69 Å². The molecule has 0 unspecified atom stereocenters. The quantitative estimate of drug-likeness (QED) is 0.927. The average Bonchev–Trinajstić information content (AvgIpc) is 2.90. The highest BCUT2D eigenvalue weighted by atomic mass is 16.2. The maximum atomic E-state index is 12.4. The van der Waals surface area contributed by atoms with Gasteiger partial charge in [0.1, 0.15) is 5.82 Å².